The zero-order chi connectivity index (χ0) is 15.5. The molecule has 0 aliphatic rings. The summed E-state index contributed by atoms with van der Waals surface area (Å²) in [6, 6.07) is 14.4. The third-order valence-electron chi connectivity index (χ3n) is 3.92. The highest BCUT2D eigenvalue weighted by Gasteiger charge is 2.33. The van der Waals surface area contributed by atoms with E-state index >= 15 is 0 Å². The van der Waals surface area contributed by atoms with Crippen molar-refractivity contribution in [1.29, 1.82) is 0 Å². The summed E-state index contributed by atoms with van der Waals surface area (Å²) >= 11 is 0. The predicted octanol–water partition coefficient (Wildman–Crippen LogP) is 3.32. The highest BCUT2D eigenvalue weighted by atomic mass is 19.1. The van der Waals surface area contributed by atoms with E-state index in [2.05, 4.69) is 5.43 Å². The monoisotopic (exact) mass is 288 g/mol. The van der Waals surface area contributed by atoms with Crippen molar-refractivity contribution in [1.82, 2.24) is 5.43 Å². The molecule has 0 saturated heterocycles. The summed E-state index contributed by atoms with van der Waals surface area (Å²) in [5.41, 5.74) is 3.99. The Bertz CT molecular complexity index is 599. The quantitative estimate of drug-likeness (QED) is 0.655. The lowest BCUT2D eigenvalue weighted by Crippen LogP contribution is -2.41. The first kappa shape index (κ1) is 15.5. The molecule has 0 radical (unpaired) electrons. The van der Waals surface area contributed by atoms with Crippen molar-refractivity contribution in [2.75, 3.05) is 7.11 Å². The summed E-state index contributed by atoms with van der Waals surface area (Å²) in [5.74, 6) is 5.88. The number of halogens is 1. The molecule has 21 heavy (non-hydrogen) atoms. The number of methoxy groups -OCH3 is 1. The Hall–Kier alpha value is -1.91. The second kappa shape index (κ2) is 6.24. The molecule has 0 bridgehead atoms. The van der Waals surface area contributed by atoms with Crippen molar-refractivity contribution in [3.8, 4) is 5.75 Å². The topological polar surface area (TPSA) is 47.3 Å². The van der Waals surface area contributed by atoms with Gasteiger partial charge in [-0.05, 0) is 11.6 Å². The van der Waals surface area contributed by atoms with Crippen LogP contribution in [-0.4, -0.2) is 7.11 Å². The summed E-state index contributed by atoms with van der Waals surface area (Å²) in [5, 5.41) is 0. The summed E-state index contributed by atoms with van der Waals surface area (Å²) in [6.45, 7) is 4.08. The average molecular weight is 288 g/mol. The molecule has 0 saturated carbocycles. The Morgan fingerprint density at radius 1 is 1.14 bits per heavy atom. The molecule has 4 heteroatoms. The molecule has 0 fully saturated rings. The fraction of sp³-hybridized carbons (Fsp3) is 0.294. The summed E-state index contributed by atoms with van der Waals surface area (Å²) < 4.78 is 19.4. The van der Waals surface area contributed by atoms with Crippen molar-refractivity contribution in [3.05, 3.63) is 65.5 Å². The average Bonchev–Trinajstić information content (AvgIpc) is 2.50. The lowest BCUT2D eigenvalue weighted by molar-refractivity contribution is 0.341. The van der Waals surface area contributed by atoms with E-state index in [1.807, 2.05) is 44.2 Å². The number of hydrogen-bond donors (Lipinski definition) is 2. The number of hydrogen-bond acceptors (Lipinski definition) is 3. The minimum absolute atomic E-state index is 0.332. The molecule has 112 valence electrons. The van der Waals surface area contributed by atoms with Crippen LogP contribution in [0.15, 0.2) is 48.5 Å². The highest BCUT2D eigenvalue weighted by molar-refractivity contribution is 5.36. The maximum absolute atomic E-state index is 14.3. The first-order valence-corrected chi connectivity index (χ1v) is 6.85. The van der Waals surface area contributed by atoms with E-state index in [0.717, 1.165) is 5.56 Å². The maximum atomic E-state index is 14.3. The Kier molecular flexibility index (Phi) is 4.60. The van der Waals surface area contributed by atoms with Crippen molar-refractivity contribution in [2.24, 2.45) is 5.84 Å². The lowest BCUT2D eigenvalue weighted by Gasteiger charge is -2.35. The van der Waals surface area contributed by atoms with Gasteiger partial charge < -0.3 is 4.74 Å². The number of hydrazine groups is 1. The van der Waals surface area contributed by atoms with Crippen LogP contribution in [0, 0.1) is 5.82 Å². The molecule has 2 rings (SSSR count). The molecule has 2 aromatic rings. The van der Waals surface area contributed by atoms with Gasteiger partial charge >= 0.3 is 0 Å². The SMILES string of the molecule is COc1ccc(C(NN)C(C)(C)c2ccccc2)c(F)c1. The third kappa shape index (κ3) is 3.06. The van der Waals surface area contributed by atoms with E-state index in [1.165, 1.54) is 13.2 Å². The van der Waals surface area contributed by atoms with Crippen LogP contribution in [0.3, 0.4) is 0 Å². The molecule has 3 N–H and O–H groups in total. The zero-order valence-electron chi connectivity index (χ0n) is 12.6. The number of ether oxygens (including phenoxy) is 1. The minimum atomic E-state index is -0.370. The van der Waals surface area contributed by atoms with Crippen LogP contribution in [0.25, 0.3) is 0 Å². The predicted molar refractivity (Wildman–Crippen MR) is 82.5 cm³/mol. The van der Waals surface area contributed by atoms with Crippen molar-refractivity contribution >= 4 is 0 Å². The van der Waals surface area contributed by atoms with E-state index in [9.17, 15) is 4.39 Å². The Balaban J connectivity index is 2.44. The second-order valence-corrected chi connectivity index (χ2v) is 5.57. The normalized spacial score (nSPS) is 13.0. The van der Waals surface area contributed by atoms with Crippen LogP contribution in [0.5, 0.6) is 5.75 Å². The van der Waals surface area contributed by atoms with Gasteiger partial charge in [0, 0.05) is 17.0 Å². The van der Waals surface area contributed by atoms with Crippen LogP contribution >= 0.6 is 0 Å². The molecule has 3 nitrogen and oxygen atoms in total. The van der Waals surface area contributed by atoms with Gasteiger partial charge in [0.15, 0.2) is 0 Å². The van der Waals surface area contributed by atoms with Crippen LogP contribution in [0.4, 0.5) is 4.39 Å². The third-order valence-corrected chi connectivity index (χ3v) is 3.92. The number of nitrogens with one attached hydrogen (secondary N) is 1. The molecular formula is C17H21FN2O. The van der Waals surface area contributed by atoms with Gasteiger partial charge in [-0.1, -0.05) is 50.2 Å². The molecule has 0 aliphatic carbocycles. The number of nitrogens with two attached hydrogens (primary N) is 1. The van der Waals surface area contributed by atoms with Gasteiger partial charge in [0.05, 0.1) is 13.2 Å². The number of rotatable bonds is 5. The molecule has 0 heterocycles. The first-order chi connectivity index (χ1) is 10.0. The van der Waals surface area contributed by atoms with Crippen LogP contribution in [-0.2, 0) is 5.41 Å². The minimum Gasteiger partial charge on any atom is -0.497 e. The van der Waals surface area contributed by atoms with Gasteiger partial charge in [-0.15, -0.1) is 0 Å². The molecular weight excluding hydrogens is 267 g/mol. The van der Waals surface area contributed by atoms with Crippen molar-refractivity contribution in [3.63, 3.8) is 0 Å². The standard InChI is InChI=1S/C17H21FN2O/c1-17(2,12-7-5-4-6-8-12)16(20-19)14-10-9-13(21-3)11-15(14)18/h4-11,16,20H,19H2,1-3H3. The molecule has 0 spiro atoms. The van der Waals surface area contributed by atoms with Crippen LogP contribution in [0.1, 0.15) is 31.0 Å². The van der Waals surface area contributed by atoms with Gasteiger partial charge in [-0.2, -0.15) is 0 Å². The van der Waals surface area contributed by atoms with Crippen molar-refractivity contribution < 1.29 is 9.13 Å². The Morgan fingerprint density at radius 2 is 1.81 bits per heavy atom. The van der Waals surface area contributed by atoms with Gasteiger partial charge in [-0.3, -0.25) is 11.3 Å². The zero-order valence-corrected chi connectivity index (χ0v) is 12.6. The Labute approximate surface area is 124 Å². The second-order valence-electron chi connectivity index (χ2n) is 5.57. The largest absolute Gasteiger partial charge is 0.497 e. The fourth-order valence-electron chi connectivity index (χ4n) is 2.59. The van der Waals surface area contributed by atoms with Gasteiger partial charge in [0.2, 0.25) is 0 Å². The first-order valence-electron chi connectivity index (χ1n) is 6.85. The van der Waals surface area contributed by atoms with Gasteiger partial charge in [-0.25, -0.2) is 4.39 Å². The van der Waals surface area contributed by atoms with E-state index in [0.29, 0.717) is 11.3 Å². The van der Waals surface area contributed by atoms with E-state index in [1.54, 1.807) is 12.1 Å². The molecule has 1 atom stereocenters. The highest BCUT2D eigenvalue weighted by Crippen LogP contribution is 2.37. The smallest absolute Gasteiger partial charge is 0.131 e. The van der Waals surface area contributed by atoms with E-state index in [-0.39, 0.29) is 17.3 Å². The lowest BCUT2D eigenvalue weighted by atomic mass is 9.75. The van der Waals surface area contributed by atoms with Crippen LogP contribution < -0.4 is 16.0 Å². The van der Waals surface area contributed by atoms with E-state index < -0.39 is 0 Å². The molecule has 0 aromatic heterocycles. The van der Waals surface area contributed by atoms with Gasteiger partial charge in [0.25, 0.3) is 0 Å². The molecule has 2 aromatic carbocycles. The van der Waals surface area contributed by atoms with Crippen LogP contribution in [0.2, 0.25) is 0 Å². The van der Waals surface area contributed by atoms with E-state index in [4.69, 9.17) is 10.6 Å². The molecule has 1 unspecified atom stereocenters. The summed E-state index contributed by atoms with van der Waals surface area (Å²) in [4.78, 5) is 0. The summed E-state index contributed by atoms with van der Waals surface area (Å²) in [6.07, 6.45) is 0. The molecule has 0 amide bonds. The van der Waals surface area contributed by atoms with Crippen molar-refractivity contribution in [2.45, 2.75) is 25.3 Å². The summed E-state index contributed by atoms with van der Waals surface area (Å²) in [7, 11) is 1.51. The Morgan fingerprint density at radius 3 is 2.33 bits per heavy atom. The molecule has 0 aliphatic heterocycles. The fourth-order valence-corrected chi connectivity index (χ4v) is 2.59. The number of benzene rings is 2. The maximum Gasteiger partial charge on any atom is 0.131 e. The van der Waals surface area contributed by atoms with Gasteiger partial charge in [0.1, 0.15) is 11.6 Å².